The van der Waals surface area contributed by atoms with Gasteiger partial charge in [0, 0.05) is 23.5 Å². The molecule has 5 heteroatoms. The maximum absolute atomic E-state index is 6.27. The minimum Gasteiger partial charge on any atom is -0.346 e. The van der Waals surface area contributed by atoms with Crippen molar-refractivity contribution < 1.29 is 9.47 Å². The van der Waals surface area contributed by atoms with Crippen molar-refractivity contribution in [3.63, 3.8) is 0 Å². The number of ether oxygens (including phenoxy) is 2. The summed E-state index contributed by atoms with van der Waals surface area (Å²) in [7, 11) is 0. The summed E-state index contributed by atoms with van der Waals surface area (Å²) in [6.45, 7) is 5.23. The van der Waals surface area contributed by atoms with Gasteiger partial charge in [0.25, 0.3) is 0 Å². The van der Waals surface area contributed by atoms with Gasteiger partial charge in [0.2, 0.25) is 0 Å². The summed E-state index contributed by atoms with van der Waals surface area (Å²) < 4.78 is 11.7. The Kier molecular flexibility index (Phi) is 4.52. The van der Waals surface area contributed by atoms with Crippen LogP contribution < -0.4 is 5.73 Å². The van der Waals surface area contributed by atoms with Crippen LogP contribution in [0.1, 0.15) is 31.4 Å². The SMILES string of the molecule is CC(N)C(c1ccc(Cl)cc1)N1CCCC2(C1)OCCO2. The first-order valence-electron chi connectivity index (χ1n) is 7.63. The zero-order valence-electron chi connectivity index (χ0n) is 12.4. The first kappa shape index (κ1) is 15.3. The maximum atomic E-state index is 6.27. The van der Waals surface area contributed by atoms with E-state index in [9.17, 15) is 0 Å². The Morgan fingerprint density at radius 2 is 1.90 bits per heavy atom. The summed E-state index contributed by atoms with van der Waals surface area (Å²) in [5, 5.41) is 0.750. The van der Waals surface area contributed by atoms with Crippen LogP contribution in [0.3, 0.4) is 0 Å². The Hall–Kier alpha value is -0.650. The number of hydrogen-bond acceptors (Lipinski definition) is 4. The van der Waals surface area contributed by atoms with Crippen molar-refractivity contribution >= 4 is 11.6 Å². The van der Waals surface area contributed by atoms with Crippen molar-refractivity contribution in [1.82, 2.24) is 4.90 Å². The van der Waals surface area contributed by atoms with E-state index in [1.807, 2.05) is 12.1 Å². The third-order valence-electron chi connectivity index (χ3n) is 4.36. The zero-order valence-corrected chi connectivity index (χ0v) is 13.2. The lowest BCUT2D eigenvalue weighted by Gasteiger charge is -2.43. The van der Waals surface area contributed by atoms with Crippen LogP contribution in [0.5, 0.6) is 0 Å². The molecule has 0 radical (unpaired) electrons. The minimum atomic E-state index is -0.419. The number of nitrogens with two attached hydrogens (primary N) is 1. The van der Waals surface area contributed by atoms with Gasteiger partial charge in [0.15, 0.2) is 5.79 Å². The summed E-state index contributed by atoms with van der Waals surface area (Å²) in [5.74, 6) is -0.419. The van der Waals surface area contributed by atoms with Gasteiger partial charge in [0.1, 0.15) is 0 Å². The lowest BCUT2D eigenvalue weighted by Crippen LogP contribution is -2.52. The maximum Gasteiger partial charge on any atom is 0.181 e. The second-order valence-corrected chi connectivity index (χ2v) is 6.47. The van der Waals surface area contributed by atoms with E-state index >= 15 is 0 Å². The molecule has 2 fully saturated rings. The summed E-state index contributed by atoms with van der Waals surface area (Å²) in [4.78, 5) is 2.39. The van der Waals surface area contributed by atoms with E-state index < -0.39 is 5.79 Å². The Morgan fingerprint density at radius 3 is 2.52 bits per heavy atom. The highest BCUT2D eigenvalue weighted by Gasteiger charge is 2.43. The zero-order chi connectivity index (χ0) is 14.9. The van der Waals surface area contributed by atoms with E-state index in [0.717, 1.165) is 31.0 Å². The summed E-state index contributed by atoms with van der Waals surface area (Å²) in [6, 6.07) is 8.17. The first-order valence-corrected chi connectivity index (χ1v) is 8.00. The summed E-state index contributed by atoms with van der Waals surface area (Å²) >= 11 is 6.00. The average molecular weight is 311 g/mol. The Morgan fingerprint density at radius 1 is 1.24 bits per heavy atom. The third kappa shape index (κ3) is 3.25. The highest BCUT2D eigenvalue weighted by atomic mass is 35.5. The van der Waals surface area contributed by atoms with E-state index in [4.69, 9.17) is 26.8 Å². The van der Waals surface area contributed by atoms with Crippen molar-refractivity contribution in [3.05, 3.63) is 34.9 Å². The van der Waals surface area contributed by atoms with Gasteiger partial charge in [-0.15, -0.1) is 0 Å². The van der Waals surface area contributed by atoms with Gasteiger partial charge in [-0.1, -0.05) is 23.7 Å². The van der Waals surface area contributed by atoms with E-state index in [1.54, 1.807) is 0 Å². The first-order chi connectivity index (χ1) is 10.1. The molecule has 0 aliphatic carbocycles. The lowest BCUT2D eigenvalue weighted by molar-refractivity contribution is -0.194. The van der Waals surface area contributed by atoms with Crippen LogP contribution in [0.15, 0.2) is 24.3 Å². The Balaban J connectivity index is 1.81. The van der Waals surface area contributed by atoms with Gasteiger partial charge in [-0.05, 0) is 37.6 Å². The number of halogens is 1. The van der Waals surface area contributed by atoms with E-state index in [0.29, 0.717) is 13.2 Å². The number of benzene rings is 1. The molecule has 21 heavy (non-hydrogen) atoms. The van der Waals surface area contributed by atoms with Crippen molar-refractivity contribution in [2.75, 3.05) is 26.3 Å². The molecular weight excluding hydrogens is 288 g/mol. The lowest BCUT2D eigenvalue weighted by atomic mass is 9.95. The standard InChI is InChI=1S/C16H23ClN2O2/c1-12(18)15(13-3-5-14(17)6-4-13)19-8-2-7-16(11-19)20-9-10-21-16/h3-6,12,15H,2,7-11,18H2,1H3. The second kappa shape index (κ2) is 6.23. The number of piperidine rings is 1. The number of likely N-dealkylation sites (tertiary alicyclic amines) is 1. The van der Waals surface area contributed by atoms with Crippen molar-refractivity contribution in [2.45, 2.75) is 37.6 Å². The van der Waals surface area contributed by atoms with Crippen LogP contribution >= 0.6 is 11.6 Å². The molecule has 2 saturated heterocycles. The molecule has 2 heterocycles. The van der Waals surface area contributed by atoms with Crippen LogP contribution in [0.2, 0.25) is 5.02 Å². The van der Waals surface area contributed by atoms with Crippen LogP contribution in [-0.4, -0.2) is 43.0 Å². The predicted octanol–water partition coefficient (Wildman–Crippen LogP) is 2.57. The van der Waals surface area contributed by atoms with Gasteiger partial charge < -0.3 is 15.2 Å². The second-order valence-electron chi connectivity index (χ2n) is 6.04. The van der Waals surface area contributed by atoms with Crippen LogP contribution in [0.25, 0.3) is 0 Å². The molecule has 2 N–H and O–H groups in total. The van der Waals surface area contributed by atoms with Gasteiger partial charge in [-0.25, -0.2) is 0 Å². The van der Waals surface area contributed by atoms with Gasteiger partial charge in [-0.3, -0.25) is 4.90 Å². The molecule has 0 bridgehead atoms. The third-order valence-corrected chi connectivity index (χ3v) is 4.62. The smallest absolute Gasteiger partial charge is 0.181 e. The van der Waals surface area contributed by atoms with E-state index in [1.165, 1.54) is 5.56 Å². The molecule has 116 valence electrons. The average Bonchev–Trinajstić information content (AvgIpc) is 2.89. The van der Waals surface area contributed by atoms with Crippen molar-refractivity contribution in [1.29, 1.82) is 0 Å². The summed E-state index contributed by atoms with van der Waals surface area (Å²) in [6.07, 6.45) is 2.03. The van der Waals surface area contributed by atoms with Crippen molar-refractivity contribution in [3.8, 4) is 0 Å². The summed E-state index contributed by atoms with van der Waals surface area (Å²) in [5.41, 5.74) is 7.47. The Bertz CT molecular complexity index is 472. The molecule has 3 rings (SSSR count). The van der Waals surface area contributed by atoms with Crippen LogP contribution in [-0.2, 0) is 9.47 Å². The molecular formula is C16H23ClN2O2. The molecule has 2 aliphatic rings. The quantitative estimate of drug-likeness (QED) is 0.932. The number of hydrogen-bond donors (Lipinski definition) is 1. The van der Waals surface area contributed by atoms with Gasteiger partial charge in [-0.2, -0.15) is 0 Å². The molecule has 0 saturated carbocycles. The van der Waals surface area contributed by atoms with Gasteiger partial charge >= 0.3 is 0 Å². The molecule has 4 nitrogen and oxygen atoms in total. The fourth-order valence-electron chi connectivity index (χ4n) is 3.50. The molecule has 1 spiro atoms. The molecule has 1 aromatic carbocycles. The topological polar surface area (TPSA) is 47.7 Å². The fraction of sp³-hybridized carbons (Fsp3) is 0.625. The molecule has 1 aromatic rings. The normalized spacial score (nSPS) is 25.1. The fourth-order valence-corrected chi connectivity index (χ4v) is 3.62. The largest absolute Gasteiger partial charge is 0.346 e. The number of nitrogens with zero attached hydrogens (tertiary/aromatic N) is 1. The van der Waals surface area contributed by atoms with Gasteiger partial charge in [0.05, 0.1) is 19.8 Å². The minimum absolute atomic E-state index is 0.0303. The monoisotopic (exact) mass is 310 g/mol. The van der Waals surface area contributed by atoms with E-state index in [2.05, 4.69) is 24.0 Å². The Labute approximate surface area is 131 Å². The van der Waals surface area contributed by atoms with E-state index in [-0.39, 0.29) is 12.1 Å². The highest BCUT2D eigenvalue weighted by Crippen LogP contribution is 2.35. The molecule has 0 aromatic heterocycles. The molecule has 2 atom stereocenters. The predicted molar refractivity (Wildman–Crippen MR) is 83.3 cm³/mol. The van der Waals surface area contributed by atoms with Crippen LogP contribution in [0.4, 0.5) is 0 Å². The number of rotatable bonds is 3. The molecule has 2 unspecified atom stereocenters. The van der Waals surface area contributed by atoms with Crippen LogP contribution in [0, 0.1) is 0 Å². The highest BCUT2D eigenvalue weighted by molar-refractivity contribution is 6.30. The molecule has 0 amide bonds. The molecule has 2 aliphatic heterocycles. The van der Waals surface area contributed by atoms with Crippen molar-refractivity contribution in [2.24, 2.45) is 5.73 Å².